The van der Waals surface area contributed by atoms with Crippen LogP contribution in [-0.4, -0.2) is 4.98 Å². The van der Waals surface area contributed by atoms with Crippen LogP contribution in [0.5, 0.6) is 0 Å². The van der Waals surface area contributed by atoms with Crippen molar-refractivity contribution >= 4 is 21.6 Å². The maximum Gasteiger partial charge on any atom is 0.124 e. The smallest absolute Gasteiger partial charge is 0.124 e. The Morgan fingerprint density at radius 3 is 2.50 bits per heavy atom. The Labute approximate surface area is 173 Å². The molecule has 2 aromatic heterocycles. The van der Waals surface area contributed by atoms with Crippen LogP contribution in [0.15, 0.2) is 30.3 Å². The molecule has 3 aromatic rings. The van der Waals surface area contributed by atoms with Crippen LogP contribution < -0.4 is 0 Å². The van der Waals surface area contributed by atoms with E-state index in [0.717, 1.165) is 18.3 Å². The van der Waals surface area contributed by atoms with E-state index < -0.39 is 0 Å². The SMILES string of the molecule is CC1CCc2c(sc3nc4c(c(-c5ccccc5)c23)CC(C(C)(C)C)CC4)C1. The first-order valence-electron chi connectivity index (χ1n) is 10.9. The molecule has 0 aliphatic heterocycles. The Hall–Kier alpha value is -1.67. The van der Waals surface area contributed by atoms with Crippen LogP contribution in [0.4, 0.5) is 0 Å². The highest BCUT2D eigenvalue weighted by Gasteiger charge is 2.33. The molecule has 1 nitrogen and oxygen atoms in total. The number of rotatable bonds is 1. The molecular formula is C26H31NS. The van der Waals surface area contributed by atoms with E-state index in [4.69, 9.17) is 4.98 Å². The van der Waals surface area contributed by atoms with Gasteiger partial charge in [-0.25, -0.2) is 4.98 Å². The summed E-state index contributed by atoms with van der Waals surface area (Å²) in [5.41, 5.74) is 7.79. The molecule has 0 spiro atoms. The molecule has 2 aliphatic rings. The summed E-state index contributed by atoms with van der Waals surface area (Å²) < 4.78 is 0. The average molecular weight is 390 g/mol. The second kappa shape index (κ2) is 6.69. The number of benzene rings is 1. The van der Waals surface area contributed by atoms with Crippen LogP contribution in [0.25, 0.3) is 21.3 Å². The van der Waals surface area contributed by atoms with E-state index in [0.29, 0.717) is 5.41 Å². The van der Waals surface area contributed by atoms with Gasteiger partial charge in [0.1, 0.15) is 4.83 Å². The highest BCUT2D eigenvalue weighted by molar-refractivity contribution is 7.19. The average Bonchev–Trinajstić information content (AvgIpc) is 3.02. The molecule has 1 aromatic carbocycles. The van der Waals surface area contributed by atoms with E-state index in [1.54, 1.807) is 16.0 Å². The van der Waals surface area contributed by atoms with Gasteiger partial charge in [-0.3, -0.25) is 0 Å². The van der Waals surface area contributed by atoms with Crippen LogP contribution in [0, 0.1) is 17.3 Å². The van der Waals surface area contributed by atoms with Crippen LogP contribution >= 0.6 is 11.3 Å². The van der Waals surface area contributed by atoms with Gasteiger partial charge in [-0.2, -0.15) is 0 Å². The van der Waals surface area contributed by atoms with Crippen molar-refractivity contribution in [3.63, 3.8) is 0 Å². The molecule has 146 valence electrons. The Kier molecular flexibility index (Phi) is 4.39. The first kappa shape index (κ1) is 18.4. The van der Waals surface area contributed by atoms with Crippen LogP contribution in [0.1, 0.15) is 62.2 Å². The van der Waals surface area contributed by atoms with Gasteiger partial charge >= 0.3 is 0 Å². The number of aryl methyl sites for hydroxylation is 2. The van der Waals surface area contributed by atoms with Crippen molar-refractivity contribution in [1.82, 2.24) is 4.98 Å². The van der Waals surface area contributed by atoms with Crippen molar-refractivity contribution in [3.05, 3.63) is 52.0 Å². The van der Waals surface area contributed by atoms with Gasteiger partial charge in [-0.1, -0.05) is 58.0 Å². The highest BCUT2D eigenvalue weighted by Crippen LogP contribution is 2.47. The highest BCUT2D eigenvalue weighted by atomic mass is 32.1. The molecule has 0 fully saturated rings. The van der Waals surface area contributed by atoms with Gasteiger partial charge in [-0.05, 0) is 78.0 Å². The van der Waals surface area contributed by atoms with Crippen molar-refractivity contribution in [2.75, 3.05) is 0 Å². The minimum absolute atomic E-state index is 0.351. The Bertz CT molecular complexity index is 1020. The lowest BCUT2D eigenvalue weighted by Crippen LogP contribution is -2.27. The van der Waals surface area contributed by atoms with Crippen molar-refractivity contribution in [2.45, 2.75) is 66.2 Å². The fourth-order valence-electron chi connectivity index (χ4n) is 5.31. The summed E-state index contributed by atoms with van der Waals surface area (Å²) in [6, 6.07) is 11.1. The van der Waals surface area contributed by atoms with Crippen molar-refractivity contribution in [2.24, 2.45) is 17.3 Å². The van der Waals surface area contributed by atoms with E-state index in [-0.39, 0.29) is 0 Å². The fraction of sp³-hybridized carbons (Fsp3) is 0.500. The number of pyridine rings is 1. The maximum absolute atomic E-state index is 5.27. The summed E-state index contributed by atoms with van der Waals surface area (Å²) in [7, 11) is 0. The van der Waals surface area contributed by atoms with Gasteiger partial charge in [0.25, 0.3) is 0 Å². The Morgan fingerprint density at radius 2 is 1.75 bits per heavy atom. The topological polar surface area (TPSA) is 12.9 Å². The number of aromatic nitrogens is 1. The zero-order valence-corrected chi connectivity index (χ0v) is 18.5. The van der Waals surface area contributed by atoms with E-state index in [9.17, 15) is 0 Å². The quantitative estimate of drug-likeness (QED) is 0.427. The molecule has 2 unspecified atom stereocenters. The standard InChI is InChI=1S/C26H31NS/c1-16-10-12-19-22(14-16)28-25-24(19)23(17-8-6-5-7-9-17)20-15-18(26(2,3)4)11-13-21(20)27-25/h5-9,16,18H,10-15H2,1-4H3. The van der Waals surface area contributed by atoms with Crippen molar-refractivity contribution in [1.29, 1.82) is 0 Å². The van der Waals surface area contributed by atoms with E-state index in [1.807, 2.05) is 11.3 Å². The molecule has 0 saturated heterocycles. The zero-order chi connectivity index (χ0) is 19.5. The van der Waals surface area contributed by atoms with Crippen LogP contribution in [0.2, 0.25) is 0 Å². The second-order valence-electron chi connectivity index (χ2n) is 10.1. The molecule has 2 aliphatic carbocycles. The fourth-order valence-corrected chi connectivity index (χ4v) is 6.72. The third-order valence-corrected chi connectivity index (χ3v) is 8.25. The number of hydrogen-bond donors (Lipinski definition) is 0. The van der Waals surface area contributed by atoms with E-state index in [2.05, 4.69) is 58.0 Å². The number of fused-ring (bicyclic) bond motifs is 4. The van der Waals surface area contributed by atoms with Crippen molar-refractivity contribution in [3.8, 4) is 11.1 Å². The Balaban J connectivity index is 1.78. The van der Waals surface area contributed by atoms with Gasteiger partial charge in [0.05, 0.1) is 0 Å². The number of hydrogen-bond acceptors (Lipinski definition) is 2. The first-order valence-corrected chi connectivity index (χ1v) is 11.7. The van der Waals surface area contributed by atoms with Gasteiger partial charge < -0.3 is 0 Å². The minimum atomic E-state index is 0.351. The molecule has 2 atom stereocenters. The molecule has 28 heavy (non-hydrogen) atoms. The lowest BCUT2D eigenvalue weighted by molar-refractivity contribution is 0.215. The molecular weight excluding hydrogens is 358 g/mol. The molecule has 0 saturated carbocycles. The van der Waals surface area contributed by atoms with Gasteiger partial charge in [-0.15, -0.1) is 11.3 Å². The van der Waals surface area contributed by atoms with Gasteiger partial charge in [0, 0.05) is 16.0 Å². The maximum atomic E-state index is 5.27. The summed E-state index contributed by atoms with van der Waals surface area (Å²) >= 11 is 1.98. The molecule has 0 bridgehead atoms. The van der Waals surface area contributed by atoms with Gasteiger partial charge in [0.15, 0.2) is 0 Å². The third-order valence-electron chi connectivity index (χ3n) is 7.10. The molecule has 2 heterocycles. The monoisotopic (exact) mass is 389 g/mol. The number of thiophene rings is 1. The predicted molar refractivity (Wildman–Crippen MR) is 121 cm³/mol. The van der Waals surface area contributed by atoms with Crippen LogP contribution in [-0.2, 0) is 25.7 Å². The second-order valence-corrected chi connectivity index (χ2v) is 11.2. The van der Waals surface area contributed by atoms with Gasteiger partial charge in [0.2, 0.25) is 0 Å². The Morgan fingerprint density at radius 1 is 0.964 bits per heavy atom. The predicted octanol–water partition coefficient (Wildman–Crippen LogP) is 7.24. The number of nitrogens with zero attached hydrogens (tertiary/aromatic N) is 1. The zero-order valence-electron chi connectivity index (χ0n) is 17.6. The summed E-state index contributed by atoms with van der Waals surface area (Å²) in [6.07, 6.45) is 7.35. The molecule has 0 N–H and O–H groups in total. The molecule has 2 heteroatoms. The lowest BCUT2D eigenvalue weighted by atomic mass is 9.70. The van der Waals surface area contributed by atoms with E-state index in [1.165, 1.54) is 59.1 Å². The van der Waals surface area contributed by atoms with Crippen molar-refractivity contribution < 1.29 is 0 Å². The molecule has 0 radical (unpaired) electrons. The lowest BCUT2D eigenvalue weighted by Gasteiger charge is -2.35. The molecule has 5 rings (SSSR count). The summed E-state index contributed by atoms with van der Waals surface area (Å²) in [5, 5.41) is 1.49. The summed E-state index contributed by atoms with van der Waals surface area (Å²) in [4.78, 5) is 8.17. The summed E-state index contributed by atoms with van der Waals surface area (Å²) in [5.74, 6) is 1.54. The minimum Gasteiger partial charge on any atom is -0.242 e. The van der Waals surface area contributed by atoms with E-state index >= 15 is 0 Å². The largest absolute Gasteiger partial charge is 0.242 e. The summed E-state index contributed by atoms with van der Waals surface area (Å²) in [6.45, 7) is 9.62. The van der Waals surface area contributed by atoms with Crippen LogP contribution in [0.3, 0.4) is 0 Å². The molecule has 0 amide bonds. The third kappa shape index (κ3) is 3.01. The normalized spacial score (nSPS) is 22.1. The first-order chi connectivity index (χ1) is 13.4.